The van der Waals surface area contributed by atoms with Crippen molar-refractivity contribution in [2.45, 2.75) is 32.9 Å². The molecule has 0 saturated heterocycles. The van der Waals surface area contributed by atoms with Crippen molar-refractivity contribution in [1.29, 1.82) is 0 Å². The van der Waals surface area contributed by atoms with Crippen LogP contribution in [0.3, 0.4) is 0 Å². The molecule has 2 aliphatic heterocycles. The van der Waals surface area contributed by atoms with E-state index in [2.05, 4.69) is 26.1 Å². The van der Waals surface area contributed by atoms with Crippen LogP contribution in [-0.2, 0) is 4.79 Å². The quantitative estimate of drug-likeness (QED) is 0.914. The standard InChI is InChI=1S/C19H25N3O3/c1-11(2)12(3)22-10-15-16(18(22)23)17(20-19(24)21(15)4)13-6-8-14(25-5)9-7-13/h6-9,11-12,17H,10H2,1-5H3,(H,20,24)/t12-,17-/m1/s1. The van der Waals surface area contributed by atoms with Gasteiger partial charge in [-0.25, -0.2) is 4.79 Å². The first kappa shape index (κ1) is 17.3. The molecule has 0 aliphatic carbocycles. The zero-order valence-corrected chi connectivity index (χ0v) is 15.4. The molecule has 1 aromatic carbocycles. The highest BCUT2D eigenvalue weighted by molar-refractivity contribution is 6.01. The molecule has 25 heavy (non-hydrogen) atoms. The number of ether oxygens (including phenoxy) is 1. The second-order valence-electron chi connectivity index (χ2n) is 6.99. The maximum absolute atomic E-state index is 13.1. The molecule has 2 heterocycles. The number of nitrogens with zero attached hydrogens (tertiary/aromatic N) is 2. The van der Waals surface area contributed by atoms with E-state index in [0.717, 1.165) is 17.0 Å². The molecule has 3 amide bonds. The van der Waals surface area contributed by atoms with Gasteiger partial charge in [0, 0.05) is 13.1 Å². The molecular formula is C19H25N3O3. The van der Waals surface area contributed by atoms with E-state index in [-0.39, 0.29) is 18.0 Å². The molecule has 0 radical (unpaired) electrons. The predicted octanol–water partition coefficient (Wildman–Crippen LogP) is 2.53. The van der Waals surface area contributed by atoms with Crippen LogP contribution in [0.2, 0.25) is 0 Å². The summed E-state index contributed by atoms with van der Waals surface area (Å²) >= 11 is 0. The monoisotopic (exact) mass is 343 g/mol. The van der Waals surface area contributed by atoms with Crippen molar-refractivity contribution >= 4 is 11.9 Å². The van der Waals surface area contributed by atoms with Gasteiger partial charge in [0.2, 0.25) is 0 Å². The number of carbonyl (C=O) groups is 2. The molecule has 2 aliphatic rings. The molecule has 1 aromatic rings. The maximum atomic E-state index is 13.1. The predicted molar refractivity (Wildman–Crippen MR) is 95.1 cm³/mol. The molecule has 0 bridgehead atoms. The first-order valence-corrected chi connectivity index (χ1v) is 8.57. The average Bonchev–Trinajstić information content (AvgIpc) is 2.95. The van der Waals surface area contributed by atoms with E-state index < -0.39 is 6.04 Å². The van der Waals surface area contributed by atoms with Crippen molar-refractivity contribution in [3.8, 4) is 5.75 Å². The van der Waals surface area contributed by atoms with Crippen molar-refractivity contribution < 1.29 is 14.3 Å². The number of likely N-dealkylation sites (N-methyl/N-ethyl adjacent to an activating group) is 1. The van der Waals surface area contributed by atoms with Gasteiger partial charge in [-0.05, 0) is 30.5 Å². The van der Waals surface area contributed by atoms with E-state index >= 15 is 0 Å². The maximum Gasteiger partial charge on any atom is 0.322 e. The first-order valence-electron chi connectivity index (χ1n) is 8.57. The number of carbonyl (C=O) groups excluding carboxylic acids is 2. The fourth-order valence-corrected chi connectivity index (χ4v) is 3.32. The normalized spacial score (nSPS) is 21.6. The third-order valence-corrected chi connectivity index (χ3v) is 5.29. The molecule has 0 unspecified atom stereocenters. The van der Waals surface area contributed by atoms with Crippen LogP contribution in [-0.4, -0.2) is 48.5 Å². The van der Waals surface area contributed by atoms with Gasteiger partial charge in [-0.15, -0.1) is 0 Å². The van der Waals surface area contributed by atoms with E-state index in [1.54, 1.807) is 19.1 Å². The molecule has 3 rings (SSSR count). The van der Waals surface area contributed by atoms with Crippen molar-refractivity contribution in [1.82, 2.24) is 15.1 Å². The third-order valence-electron chi connectivity index (χ3n) is 5.29. The summed E-state index contributed by atoms with van der Waals surface area (Å²) in [6, 6.07) is 6.95. The van der Waals surface area contributed by atoms with Crippen LogP contribution < -0.4 is 10.1 Å². The van der Waals surface area contributed by atoms with Gasteiger partial charge in [0.05, 0.1) is 31.0 Å². The summed E-state index contributed by atoms with van der Waals surface area (Å²) in [5.41, 5.74) is 2.34. The summed E-state index contributed by atoms with van der Waals surface area (Å²) in [5.74, 6) is 1.09. The summed E-state index contributed by atoms with van der Waals surface area (Å²) in [6.45, 7) is 6.73. The van der Waals surface area contributed by atoms with Crippen LogP contribution in [0.1, 0.15) is 32.4 Å². The number of hydrogen-bond acceptors (Lipinski definition) is 3. The number of benzene rings is 1. The number of nitrogens with one attached hydrogen (secondary N) is 1. The zero-order chi connectivity index (χ0) is 18.3. The van der Waals surface area contributed by atoms with Crippen LogP contribution in [0.15, 0.2) is 35.5 Å². The SMILES string of the molecule is COc1ccc([C@H]2NC(=O)N(C)C3=C2C(=O)N([C@H](C)C(C)C)C3)cc1. The van der Waals surface area contributed by atoms with E-state index in [9.17, 15) is 9.59 Å². The molecule has 2 atom stereocenters. The number of urea groups is 1. The second-order valence-corrected chi connectivity index (χ2v) is 6.99. The Labute approximate surface area is 148 Å². The van der Waals surface area contributed by atoms with Gasteiger partial charge in [-0.1, -0.05) is 26.0 Å². The Bertz CT molecular complexity index is 724. The Morgan fingerprint density at radius 3 is 2.36 bits per heavy atom. The third kappa shape index (κ3) is 2.86. The zero-order valence-electron chi connectivity index (χ0n) is 15.4. The van der Waals surface area contributed by atoms with Gasteiger partial charge >= 0.3 is 6.03 Å². The van der Waals surface area contributed by atoms with Gasteiger partial charge < -0.3 is 15.0 Å². The molecular weight excluding hydrogens is 318 g/mol. The Balaban J connectivity index is 1.99. The summed E-state index contributed by atoms with van der Waals surface area (Å²) in [6.07, 6.45) is 0. The van der Waals surface area contributed by atoms with Crippen molar-refractivity contribution in [2.24, 2.45) is 5.92 Å². The second kappa shape index (κ2) is 6.43. The number of amides is 3. The van der Waals surface area contributed by atoms with E-state index in [0.29, 0.717) is 18.0 Å². The lowest BCUT2D eigenvalue weighted by Gasteiger charge is -2.31. The van der Waals surface area contributed by atoms with Gasteiger partial charge in [0.25, 0.3) is 5.91 Å². The van der Waals surface area contributed by atoms with E-state index in [1.165, 1.54) is 0 Å². The van der Waals surface area contributed by atoms with E-state index in [1.807, 2.05) is 29.2 Å². The van der Waals surface area contributed by atoms with Crippen LogP contribution >= 0.6 is 0 Å². The molecule has 134 valence electrons. The highest BCUT2D eigenvalue weighted by Crippen LogP contribution is 2.37. The van der Waals surface area contributed by atoms with Crippen LogP contribution in [0.5, 0.6) is 5.75 Å². The molecule has 6 heteroatoms. The molecule has 0 spiro atoms. The van der Waals surface area contributed by atoms with Gasteiger partial charge in [-0.2, -0.15) is 0 Å². The summed E-state index contributed by atoms with van der Waals surface area (Å²) in [4.78, 5) is 28.9. The molecule has 6 nitrogen and oxygen atoms in total. The summed E-state index contributed by atoms with van der Waals surface area (Å²) in [5, 5.41) is 2.95. The fourth-order valence-electron chi connectivity index (χ4n) is 3.32. The van der Waals surface area contributed by atoms with Gasteiger partial charge in [0.15, 0.2) is 0 Å². The largest absolute Gasteiger partial charge is 0.497 e. The van der Waals surface area contributed by atoms with Crippen LogP contribution in [0.25, 0.3) is 0 Å². The Kier molecular flexibility index (Phi) is 4.45. The summed E-state index contributed by atoms with van der Waals surface area (Å²) in [7, 11) is 3.32. The van der Waals surface area contributed by atoms with Crippen molar-refractivity contribution in [3.63, 3.8) is 0 Å². The minimum Gasteiger partial charge on any atom is -0.497 e. The lowest BCUT2D eigenvalue weighted by atomic mass is 9.95. The number of hydrogen-bond donors (Lipinski definition) is 1. The number of rotatable bonds is 4. The lowest BCUT2D eigenvalue weighted by molar-refractivity contribution is -0.128. The topological polar surface area (TPSA) is 61.9 Å². The molecule has 0 fully saturated rings. The van der Waals surface area contributed by atoms with Gasteiger partial charge in [-0.3, -0.25) is 9.69 Å². The van der Waals surface area contributed by atoms with Crippen LogP contribution in [0.4, 0.5) is 4.79 Å². The van der Waals surface area contributed by atoms with E-state index in [4.69, 9.17) is 4.74 Å². The summed E-state index contributed by atoms with van der Waals surface area (Å²) < 4.78 is 5.19. The smallest absolute Gasteiger partial charge is 0.322 e. The molecule has 0 aromatic heterocycles. The number of methoxy groups -OCH3 is 1. The first-order chi connectivity index (χ1) is 11.8. The minimum absolute atomic E-state index is 0.00358. The Morgan fingerprint density at radius 2 is 1.80 bits per heavy atom. The lowest BCUT2D eigenvalue weighted by Crippen LogP contribution is -2.45. The van der Waals surface area contributed by atoms with Gasteiger partial charge in [0.1, 0.15) is 5.75 Å². The Hall–Kier alpha value is -2.50. The molecule has 1 N–H and O–H groups in total. The Morgan fingerprint density at radius 1 is 1.16 bits per heavy atom. The highest BCUT2D eigenvalue weighted by atomic mass is 16.5. The van der Waals surface area contributed by atoms with Crippen LogP contribution in [0, 0.1) is 5.92 Å². The molecule has 0 saturated carbocycles. The van der Waals surface area contributed by atoms with Crippen molar-refractivity contribution in [3.05, 3.63) is 41.1 Å². The minimum atomic E-state index is -0.429. The fraction of sp³-hybridized carbons (Fsp3) is 0.474. The highest BCUT2D eigenvalue weighted by Gasteiger charge is 2.44. The average molecular weight is 343 g/mol. The van der Waals surface area contributed by atoms with Crippen molar-refractivity contribution in [2.75, 3.05) is 20.7 Å².